The zero-order chi connectivity index (χ0) is 14.7. The average Bonchev–Trinajstić information content (AvgIpc) is 2.43. The largest absolute Gasteiger partial charge is 0.348 e. The first-order chi connectivity index (χ1) is 9.50. The van der Waals surface area contributed by atoms with Gasteiger partial charge in [0.15, 0.2) is 0 Å². The van der Waals surface area contributed by atoms with E-state index in [0.717, 1.165) is 15.4 Å². The summed E-state index contributed by atoms with van der Waals surface area (Å²) >= 11 is 17.2. The fourth-order valence-electron chi connectivity index (χ4n) is 1.71. The summed E-state index contributed by atoms with van der Waals surface area (Å²) in [7, 11) is 0. The number of nitrogens with one attached hydrogen (secondary N) is 1. The highest BCUT2D eigenvalue weighted by Crippen LogP contribution is 2.24. The third-order valence-corrected chi connectivity index (χ3v) is 4.91. The molecule has 2 rings (SSSR count). The van der Waals surface area contributed by atoms with Gasteiger partial charge in [0.25, 0.3) is 5.91 Å². The van der Waals surface area contributed by atoms with Crippen LogP contribution in [-0.2, 0) is 6.54 Å². The van der Waals surface area contributed by atoms with E-state index in [1.54, 1.807) is 18.2 Å². The summed E-state index contributed by atoms with van der Waals surface area (Å²) in [6.07, 6.45) is 0. The molecule has 0 unspecified atom stereocenters. The lowest BCUT2D eigenvalue weighted by molar-refractivity contribution is 0.0947. The zero-order valence-electron chi connectivity index (χ0n) is 10.4. The minimum atomic E-state index is -0.191. The van der Waals surface area contributed by atoms with Crippen LogP contribution in [0.4, 0.5) is 0 Å². The van der Waals surface area contributed by atoms with Crippen LogP contribution in [-0.4, -0.2) is 5.91 Å². The molecule has 0 saturated heterocycles. The molecule has 2 aromatic rings. The van der Waals surface area contributed by atoms with Crippen molar-refractivity contribution in [3.8, 4) is 0 Å². The molecule has 0 heterocycles. The highest BCUT2D eigenvalue weighted by atomic mass is 32.1. The van der Waals surface area contributed by atoms with E-state index in [1.807, 2.05) is 18.2 Å². The van der Waals surface area contributed by atoms with Crippen LogP contribution in [0.3, 0.4) is 0 Å². The van der Waals surface area contributed by atoms with Gasteiger partial charge in [0.1, 0.15) is 0 Å². The van der Waals surface area contributed by atoms with Crippen molar-refractivity contribution in [1.82, 2.24) is 5.32 Å². The highest BCUT2D eigenvalue weighted by molar-refractivity contribution is 7.84. The maximum atomic E-state index is 12.1. The second-order valence-electron chi connectivity index (χ2n) is 4.14. The van der Waals surface area contributed by atoms with Gasteiger partial charge in [-0.15, -0.1) is 50.5 Å². The number of benzene rings is 2. The SMILES string of the molecule is O=C(NCc1cccc(S)c1S)c1cccc(S)c1S. The van der Waals surface area contributed by atoms with Gasteiger partial charge in [-0.2, -0.15) is 0 Å². The van der Waals surface area contributed by atoms with E-state index in [0.29, 0.717) is 21.9 Å². The number of hydrogen-bond donors (Lipinski definition) is 5. The average molecular weight is 340 g/mol. The molecule has 0 radical (unpaired) electrons. The Morgan fingerprint density at radius 3 is 2.20 bits per heavy atom. The Morgan fingerprint density at radius 1 is 0.900 bits per heavy atom. The van der Waals surface area contributed by atoms with E-state index >= 15 is 0 Å². The summed E-state index contributed by atoms with van der Waals surface area (Å²) in [5.41, 5.74) is 1.42. The van der Waals surface area contributed by atoms with Gasteiger partial charge in [0, 0.05) is 26.1 Å². The summed E-state index contributed by atoms with van der Waals surface area (Å²) in [6, 6.07) is 10.9. The molecule has 20 heavy (non-hydrogen) atoms. The molecule has 0 spiro atoms. The van der Waals surface area contributed by atoms with Crippen LogP contribution >= 0.6 is 50.5 Å². The second kappa shape index (κ2) is 6.85. The van der Waals surface area contributed by atoms with Gasteiger partial charge in [0.05, 0.1) is 5.56 Å². The topological polar surface area (TPSA) is 29.1 Å². The van der Waals surface area contributed by atoms with E-state index in [1.165, 1.54) is 0 Å². The summed E-state index contributed by atoms with van der Waals surface area (Å²) in [5, 5.41) is 2.85. The van der Waals surface area contributed by atoms with Crippen LogP contribution in [0.5, 0.6) is 0 Å². The Kier molecular flexibility index (Phi) is 5.37. The van der Waals surface area contributed by atoms with Crippen molar-refractivity contribution in [2.75, 3.05) is 0 Å². The lowest BCUT2D eigenvalue weighted by atomic mass is 10.2. The first-order valence-corrected chi connectivity index (χ1v) is 7.58. The second-order valence-corrected chi connectivity index (χ2v) is 6.00. The molecule has 0 bridgehead atoms. The molecule has 0 aliphatic carbocycles. The first kappa shape index (κ1) is 15.7. The minimum absolute atomic E-state index is 0.191. The molecule has 0 saturated carbocycles. The summed E-state index contributed by atoms with van der Waals surface area (Å²) in [4.78, 5) is 14.9. The third kappa shape index (κ3) is 3.49. The summed E-state index contributed by atoms with van der Waals surface area (Å²) in [5.74, 6) is -0.191. The van der Waals surface area contributed by atoms with E-state index in [4.69, 9.17) is 0 Å². The van der Waals surface area contributed by atoms with Crippen molar-refractivity contribution in [3.05, 3.63) is 47.5 Å². The molecule has 104 valence electrons. The number of hydrogen-bond acceptors (Lipinski definition) is 5. The fraction of sp³-hybridized carbons (Fsp3) is 0.0714. The van der Waals surface area contributed by atoms with Crippen molar-refractivity contribution < 1.29 is 4.79 Å². The van der Waals surface area contributed by atoms with Crippen molar-refractivity contribution in [1.29, 1.82) is 0 Å². The highest BCUT2D eigenvalue weighted by Gasteiger charge is 2.11. The molecule has 2 nitrogen and oxygen atoms in total. The quantitative estimate of drug-likeness (QED) is 0.542. The van der Waals surface area contributed by atoms with Gasteiger partial charge >= 0.3 is 0 Å². The van der Waals surface area contributed by atoms with Crippen LogP contribution in [0.25, 0.3) is 0 Å². The predicted molar refractivity (Wildman–Crippen MR) is 93.1 cm³/mol. The molecule has 0 aromatic heterocycles. The minimum Gasteiger partial charge on any atom is -0.348 e. The van der Waals surface area contributed by atoms with E-state index in [-0.39, 0.29) is 5.91 Å². The van der Waals surface area contributed by atoms with Crippen molar-refractivity contribution in [2.24, 2.45) is 0 Å². The molecule has 1 N–H and O–H groups in total. The van der Waals surface area contributed by atoms with Crippen LogP contribution in [0.2, 0.25) is 0 Å². The molecular weight excluding hydrogens is 326 g/mol. The van der Waals surface area contributed by atoms with Gasteiger partial charge in [-0.25, -0.2) is 0 Å². The van der Waals surface area contributed by atoms with E-state index in [2.05, 4.69) is 55.8 Å². The predicted octanol–water partition coefficient (Wildman–Crippen LogP) is 3.77. The smallest absolute Gasteiger partial charge is 0.252 e. The van der Waals surface area contributed by atoms with Crippen LogP contribution in [0.1, 0.15) is 15.9 Å². The first-order valence-electron chi connectivity index (χ1n) is 5.79. The summed E-state index contributed by atoms with van der Waals surface area (Å²) in [6.45, 7) is 0.385. The van der Waals surface area contributed by atoms with Crippen LogP contribution in [0.15, 0.2) is 56.0 Å². The standard InChI is InChI=1S/C14H13NOS4/c16-14(9-4-2-6-11(18)13(9)20)15-7-8-3-1-5-10(17)12(8)19/h1-6,17-20H,7H2,(H,15,16). The molecule has 0 fully saturated rings. The Balaban J connectivity index is 2.13. The van der Waals surface area contributed by atoms with Gasteiger partial charge in [0.2, 0.25) is 0 Å². The Labute approximate surface area is 140 Å². The Bertz CT molecular complexity index is 658. The summed E-state index contributed by atoms with van der Waals surface area (Å²) < 4.78 is 0. The Hall–Kier alpha value is -0.690. The molecule has 0 atom stereocenters. The molecule has 2 aromatic carbocycles. The van der Waals surface area contributed by atoms with Gasteiger partial charge in [-0.05, 0) is 23.8 Å². The van der Waals surface area contributed by atoms with Crippen LogP contribution < -0.4 is 5.32 Å². The fourth-order valence-corrected chi connectivity index (χ4v) is 2.62. The zero-order valence-corrected chi connectivity index (χ0v) is 13.9. The number of carbonyl (C=O) groups is 1. The van der Waals surface area contributed by atoms with Crippen LogP contribution in [0, 0.1) is 0 Å². The van der Waals surface area contributed by atoms with Gasteiger partial charge in [-0.3, -0.25) is 4.79 Å². The molecule has 6 heteroatoms. The lowest BCUT2D eigenvalue weighted by Gasteiger charge is -2.10. The molecular formula is C14H13NOS4. The van der Waals surface area contributed by atoms with Crippen molar-refractivity contribution in [2.45, 2.75) is 26.1 Å². The normalized spacial score (nSPS) is 10.4. The maximum absolute atomic E-state index is 12.1. The van der Waals surface area contributed by atoms with Gasteiger partial charge in [-0.1, -0.05) is 18.2 Å². The maximum Gasteiger partial charge on any atom is 0.252 e. The molecule has 0 aliphatic heterocycles. The number of amides is 1. The Morgan fingerprint density at radius 2 is 1.50 bits per heavy atom. The number of thiol groups is 4. The van der Waals surface area contributed by atoms with Gasteiger partial charge < -0.3 is 5.32 Å². The van der Waals surface area contributed by atoms with Crippen molar-refractivity contribution >= 4 is 56.4 Å². The third-order valence-electron chi connectivity index (χ3n) is 2.80. The van der Waals surface area contributed by atoms with E-state index in [9.17, 15) is 4.79 Å². The monoisotopic (exact) mass is 339 g/mol. The lowest BCUT2D eigenvalue weighted by Crippen LogP contribution is -2.23. The number of carbonyl (C=O) groups excluding carboxylic acids is 1. The molecule has 1 amide bonds. The molecule has 0 aliphatic rings. The number of rotatable bonds is 3. The van der Waals surface area contributed by atoms with E-state index < -0.39 is 0 Å². The van der Waals surface area contributed by atoms with Crippen molar-refractivity contribution in [3.63, 3.8) is 0 Å².